The van der Waals surface area contributed by atoms with E-state index in [2.05, 4.69) is 9.47 Å². The Bertz CT molecular complexity index is 1120. The van der Waals surface area contributed by atoms with E-state index in [-0.39, 0.29) is 13.2 Å². The standard InChI is InChI=1S/C28H30N2O10/c1-37-23(31)13-21-27(35)30(16-26(34)40-18-20-11-7-4-8-12-20)22(14-24(32)38-2)28(36)29(21)15-25(33)39-17-19-9-5-3-6-10-19/h3-12,21-22H,13-18H2,1-2H3/t21-,22-/m0/s1. The number of nitrogens with zero attached hydrogens (tertiary/aromatic N) is 2. The van der Waals surface area contributed by atoms with Crippen LogP contribution in [-0.4, -0.2) is 84.9 Å². The van der Waals surface area contributed by atoms with E-state index in [0.717, 1.165) is 24.0 Å². The van der Waals surface area contributed by atoms with Gasteiger partial charge in [-0.05, 0) is 11.1 Å². The van der Waals surface area contributed by atoms with Crippen LogP contribution in [0.25, 0.3) is 0 Å². The Hall–Kier alpha value is -4.74. The van der Waals surface area contributed by atoms with Crippen LogP contribution in [0.15, 0.2) is 60.7 Å². The second-order valence-corrected chi connectivity index (χ2v) is 8.82. The lowest BCUT2D eigenvalue weighted by Gasteiger charge is -2.43. The summed E-state index contributed by atoms with van der Waals surface area (Å²) in [6.45, 7) is -1.52. The fraction of sp³-hybridized carbons (Fsp3) is 0.357. The van der Waals surface area contributed by atoms with Crippen molar-refractivity contribution in [3.8, 4) is 0 Å². The maximum Gasteiger partial charge on any atom is 0.326 e. The highest BCUT2D eigenvalue weighted by atomic mass is 16.5. The van der Waals surface area contributed by atoms with Gasteiger partial charge in [-0.2, -0.15) is 0 Å². The van der Waals surface area contributed by atoms with Gasteiger partial charge in [0.1, 0.15) is 38.4 Å². The molecule has 40 heavy (non-hydrogen) atoms. The smallest absolute Gasteiger partial charge is 0.326 e. The van der Waals surface area contributed by atoms with Crippen molar-refractivity contribution in [1.82, 2.24) is 9.80 Å². The van der Waals surface area contributed by atoms with Gasteiger partial charge in [-0.25, -0.2) is 0 Å². The van der Waals surface area contributed by atoms with Gasteiger partial charge in [0, 0.05) is 0 Å². The normalized spacial score (nSPS) is 16.8. The van der Waals surface area contributed by atoms with Gasteiger partial charge >= 0.3 is 23.9 Å². The molecule has 2 aromatic carbocycles. The lowest BCUT2D eigenvalue weighted by atomic mass is 9.99. The molecule has 212 valence electrons. The zero-order chi connectivity index (χ0) is 29.1. The van der Waals surface area contributed by atoms with Gasteiger partial charge in [0.05, 0.1) is 27.1 Å². The van der Waals surface area contributed by atoms with Crippen LogP contribution in [0.2, 0.25) is 0 Å². The Morgan fingerprint density at radius 2 is 0.950 bits per heavy atom. The number of amides is 2. The van der Waals surface area contributed by atoms with Gasteiger partial charge in [-0.1, -0.05) is 60.7 Å². The molecule has 2 atom stereocenters. The van der Waals surface area contributed by atoms with E-state index in [4.69, 9.17) is 9.47 Å². The van der Waals surface area contributed by atoms with Crippen molar-refractivity contribution < 1.29 is 47.7 Å². The number of esters is 4. The number of hydrogen-bond donors (Lipinski definition) is 0. The first-order valence-electron chi connectivity index (χ1n) is 12.4. The van der Waals surface area contributed by atoms with Gasteiger partial charge in [-0.3, -0.25) is 28.8 Å². The summed E-state index contributed by atoms with van der Waals surface area (Å²) < 4.78 is 19.9. The van der Waals surface area contributed by atoms with Crippen molar-refractivity contribution in [3.63, 3.8) is 0 Å². The largest absolute Gasteiger partial charge is 0.469 e. The number of ether oxygens (including phenoxy) is 4. The average molecular weight is 555 g/mol. The van der Waals surface area contributed by atoms with Crippen LogP contribution in [0.3, 0.4) is 0 Å². The number of benzene rings is 2. The number of hydrogen-bond acceptors (Lipinski definition) is 10. The molecule has 1 fully saturated rings. The summed E-state index contributed by atoms with van der Waals surface area (Å²) in [4.78, 5) is 78.6. The predicted molar refractivity (Wildman–Crippen MR) is 137 cm³/mol. The van der Waals surface area contributed by atoms with E-state index >= 15 is 0 Å². The summed E-state index contributed by atoms with van der Waals surface area (Å²) in [6, 6.07) is 14.6. The van der Waals surface area contributed by atoms with E-state index in [1.807, 2.05) is 0 Å². The number of carbonyl (C=O) groups excluding carboxylic acids is 6. The van der Waals surface area contributed by atoms with Crippen LogP contribution in [0, 0.1) is 0 Å². The first-order chi connectivity index (χ1) is 19.2. The summed E-state index contributed by atoms with van der Waals surface area (Å²) in [5, 5.41) is 0. The van der Waals surface area contributed by atoms with E-state index in [1.54, 1.807) is 60.7 Å². The van der Waals surface area contributed by atoms with Crippen LogP contribution in [0.5, 0.6) is 0 Å². The molecule has 1 heterocycles. The van der Waals surface area contributed by atoms with Gasteiger partial charge in [-0.15, -0.1) is 0 Å². The van der Waals surface area contributed by atoms with Crippen LogP contribution >= 0.6 is 0 Å². The predicted octanol–water partition coefficient (Wildman–Crippen LogP) is 1.01. The molecule has 2 amide bonds. The molecule has 2 aromatic rings. The monoisotopic (exact) mass is 554 g/mol. The van der Waals surface area contributed by atoms with Gasteiger partial charge in [0.2, 0.25) is 11.8 Å². The van der Waals surface area contributed by atoms with Crippen molar-refractivity contribution in [3.05, 3.63) is 71.8 Å². The van der Waals surface area contributed by atoms with Crippen molar-refractivity contribution in [2.45, 2.75) is 38.1 Å². The van der Waals surface area contributed by atoms with Gasteiger partial charge in [0.15, 0.2) is 0 Å². The molecular formula is C28H30N2O10. The zero-order valence-electron chi connectivity index (χ0n) is 22.1. The summed E-state index contributed by atoms with van der Waals surface area (Å²) in [6.07, 6.45) is -1.18. The zero-order valence-corrected chi connectivity index (χ0v) is 22.1. The summed E-state index contributed by atoms with van der Waals surface area (Å²) in [7, 11) is 2.21. The molecule has 0 unspecified atom stereocenters. The molecule has 0 saturated carbocycles. The van der Waals surface area contributed by atoms with Crippen LogP contribution in [-0.2, 0) is 60.9 Å². The Morgan fingerprint density at radius 1 is 0.600 bits per heavy atom. The molecule has 0 aliphatic carbocycles. The lowest BCUT2D eigenvalue weighted by molar-refractivity contribution is -0.173. The van der Waals surface area contributed by atoms with Crippen molar-refractivity contribution in [1.29, 1.82) is 0 Å². The number of carbonyl (C=O) groups is 6. The molecule has 0 N–H and O–H groups in total. The topological polar surface area (TPSA) is 146 Å². The Labute approximate surface area is 230 Å². The fourth-order valence-electron chi connectivity index (χ4n) is 4.06. The molecule has 3 rings (SSSR count). The average Bonchev–Trinajstić information content (AvgIpc) is 2.97. The lowest BCUT2D eigenvalue weighted by Crippen LogP contribution is -2.67. The third-order valence-electron chi connectivity index (χ3n) is 6.15. The molecule has 12 nitrogen and oxygen atoms in total. The van der Waals surface area contributed by atoms with Crippen molar-refractivity contribution >= 4 is 35.7 Å². The molecule has 1 saturated heterocycles. The minimum Gasteiger partial charge on any atom is -0.469 e. The highest BCUT2D eigenvalue weighted by molar-refractivity contribution is 6.02. The third-order valence-corrected chi connectivity index (χ3v) is 6.15. The number of methoxy groups -OCH3 is 2. The third kappa shape index (κ3) is 8.13. The number of rotatable bonds is 12. The van der Waals surface area contributed by atoms with Crippen molar-refractivity contribution in [2.75, 3.05) is 27.3 Å². The van der Waals surface area contributed by atoms with Gasteiger partial charge < -0.3 is 28.7 Å². The minimum absolute atomic E-state index is 0.0811. The van der Waals surface area contributed by atoms with Crippen LogP contribution in [0.4, 0.5) is 0 Å². The minimum atomic E-state index is -1.49. The van der Waals surface area contributed by atoms with E-state index in [9.17, 15) is 28.8 Å². The summed E-state index contributed by atoms with van der Waals surface area (Å²) in [5.74, 6) is -5.02. The van der Waals surface area contributed by atoms with E-state index < -0.39 is 73.7 Å². The maximum atomic E-state index is 13.6. The second kappa shape index (κ2) is 14.4. The molecule has 0 bridgehead atoms. The van der Waals surface area contributed by atoms with Crippen molar-refractivity contribution in [2.24, 2.45) is 0 Å². The molecule has 0 radical (unpaired) electrons. The first-order valence-corrected chi connectivity index (χ1v) is 12.4. The molecular weight excluding hydrogens is 524 g/mol. The molecule has 0 aromatic heterocycles. The SMILES string of the molecule is COC(=O)C[C@H]1C(=O)N(CC(=O)OCc2ccccc2)[C@@H](CC(=O)OC)C(=O)N1CC(=O)OCc1ccccc1. The summed E-state index contributed by atoms with van der Waals surface area (Å²) in [5.41, 5.74) is 1.40. The Morgan fingerprint density at radius 3 is 1.27 bits per heavy atom. The van der Waals surface area contributed by atoms with E-state index in [1.165, 1.54) is 0 Å². The maximum absolute atomic E-state index is 13.6. The molecule has 1 aliphatic rings. The quantitative estimate of drug-likeness (QED) is 0.275. The van der Waals surface area contributed by atoms with Crippen LogP contribution in [0.1, 0.15) is 24.0 Å². The second-order valence-electron chi connectivity index (χ2n) is 8.82. The fourth-order valence-corrected chi connectivity index (χ4v) is 4.06. The highest BCUT2D eigenvalue weighted by Gasteiger charge is 2.49. The molecule has 12 heteroatoms. The van der Waals surface area contributed by atoms with Gasteiger partial charge in [0.25, 0.3) is 0 Å². The Kier molecular flexibility index (Phi) is 10.7. The highest BCUT2D eigenvalue weighted by Crippen LogP contribution is 2.24. The number of piperazine rings is 1. The van der Waals surface area contributed by atoms with E-state index in [0.29, 0.717) is 11.1 Å². The Balaban J connectivity index is 1.81. The first kappa shape index (κ1) is 29.8. The molecule has 1 aliphatic heterocycles. The summed E-state index contributed by atoms with van der Waals surface area (Å²) >= 11 is 0. The molecule has 0 spiro atoms. The van der Waals surface area contributed by atoms with Crippen LogP contribution < -0.4 is 0 Å².